The van der Waals surface area contributed by atoms with Crippen molar-refractivity contribution in [2.45, 2.75) is 49.7 Å². The van der Waals surface area contributed by atoms with E-state index in [0.717, 1.165) is 0 Å². The number of nitrogens with zero attached hydrogens (tertiary/aromatic N) is 2. The van der Waals surface area contributed by atoms with Crippen molar-refractivity contribution in [3.63, 3.8) is 0 Å². The van der Waals surface area contributed by atoms with Crippen molar-refractivity contribution >= 4 is 43.2 Å². The summed E-state index contributed by atoms with van der Waals surface area (Å²) >= 11 is 6.23. The van der Waals surface area contributed by atoms with Crippen LogP contribution in [0.5, 0.6) is 0 Å². The molecule has 0 bridgehead atoms. The third-order valence-electron chi connectivity index (χ3n) is 5.63. The molecule has 0 radical (unpaired) electrons. The van der Waals surface area contributed by atoms with Crippen molar-refractivity contribution in [2.24, 2.45) is 0 Å². The van der Waals surface area contributed by atoms with Gasteiger partial charge < -0.3 is 10.1 Å². The zero-order chi connectivity index (χ0) is 26.0. The van der Waals surface area contributed by atoms with Gasteiger partial charge in [-0.15, -0.1) is 0 Å². The maximum absolute atomic E-state index is 13.3. The van der Waals surface area contributed by atoms with Crippen molar-refractivity contribution in [1.29, 1.82) is 0 Å². The van der Waals surface area contributed by atoms with Crippen LogP contribution in [0, 0.1) is 0 Å². The second-order valence-electron chi connectivity index (χ2n) is 8.30. The molecular weight excluding hydrogens is 514 g/mol. The van der Waals surface area contributed by atoms with Gasteiger partial charge in [-0.2, -0.15) is 8.61 Å². The molecule has 2 aromatic carbocycles. The molecule has 1 saturated heterocycles. The average molecular weight is 544 g/mol. The van der Waals surface area contributed by atoms with Crippen LogP contribution in [0.3, 0.4) is 0 Å². The van der Waals surface area contributed by atoms with E-state index in [1.54, 1.807) is 33.8 Å². The van der Waals surface area contributed by atoms with Crippen LogP contribution < -0.4 is 5.32 Å². The zero-order valence-electron chi connectivity index (χ0n) is 20.1. The fraction of sp³-hybridized carbons (Fsp3) is 0.435. The molecule has 2 unspecified atom stereocenters. The molecule has 12 heteroatoms. The second-order valence-corrected chi connectivity index (χ2v) is 12.5. The summed E-state index contributed by atoms with van der Waals surface area (Å²) in [5.74, 6) is -0.598. The smallest absolute Gasteiger partial charge is 0.255 e. The fourth-order valence-corrected chi connectivity index (χ4v) is 7.55. The number of nitrogens with one attached hydrogen (secondary N) is 1. The number of hydrogen-bond donors (Lipinski definition) is 1. The van der Waals surface area contributed by atoms with Crippen molar-refractivity contribution in [3.8, 4) is 0 Å². The van der Waals surface area contributed by atoms with E-state index < -0.39 is 26.0 Å². The number of anilines is 1. The molecule has 3 rings (SSSR count). The Bertz CT molecular complexity index is 1290. The molecular formula is C23H30ClN3O6S2. The third-order valence-corrected chi connectivity index (χ3v) is 9.99. The van der Waals surface area contributed by atoms with E-state index in [4.69, 9.17) is 16.3 Å². The number of amides is 1. The van der Waals surface area contributed by atoms with Crippen LogP contribution in [-0.4, -0.2) is 69.7 Å². The van der Waals surface area contributed by atoms with E-state index in [9.17, 15) is 21.6 Å². The minimum atomic E-state index is -3.97. The lowest BCUT2D eigenvalue weighted by Gasteiger charge is -2.34. The van der Waals surface area contributed by atoms with Crippen molar-refractivity contribution in [2.75, 3.05) is 31.5 Å². The highest BCUT2D eigenvalue weighted by molar-refractivity contribution is 7.89. The number of carbonyl (C=O) groups excluding carboxylic acids is 1. The molecule has 1 N–H and O–H groups in total. The van der Waals surface area contributed by atoms with E-state index in [1.807, 2.05) is 0 Å². The summed E-state index contributed by atoms with van der Waals surface area (Å²) in [6.07, 6.45) is -0.558. The molecule has 9 nitrogen and oxygen atoms in total. The summed E-state index contributed by atoms with van der Waals surface area (Å²) in [5.41, 5.74) is 0.331. The van der Waals surface area contributed by atoms with E-state index in [2.05, 4.69) is 5.32 Å². The number of benzene rings is 2. The molecule has 0 spiro atoms. The molecule has 1 heterocycles. The summed E-state index contributed by atoms with van der Waals surface area (Å²) in [5, 5.41) is 2.64. The zero-order valence-corrected chi connectivity index (χ0v) is 22.5. The summed E-state index contributed by atoms with van der Waals surface area (Å²) in [6.45, 7) is 8.06. The van der Waals surface area contributed by atoms with Gasteiger partial charge in [-0.3, -0.25) is 4.79 Å². The average Bonchev–Trinajstić information content (AvgIpc) is 2.79. The highest BCUT2D eigenvalue weighted by Crippen LogP contribution is 2.29. The van der Waals surface area contributed by atoms with E-state index in [0.29, 0.717) is 13.1 Å². The molecule has 1 fully saturated rings. The first-order valence-corrected chi connectivity index (χ1v) is 14.5. The highest BCUT2D eigenvalue weighted by Gasteiger charge is 2.34. The minimum Gasteiger partial charge on any atom is -0.373 e. The lowest BCUT2D eigenvalue weighted by Crippen LogP contribution is -2.48. The largest absolute Gasteiger partial charge is 0.373 e. The van der Waals surface area contributed by atoms with Crippen LogP contribution >= 0.6 is 11.6 Å². The molecule has 1 amide bonds. The van der Waals surface area contributed by atoms with E-state index in [-0.39, 0.29) is 51.4 Å². The molecule has 2 atom stereocenters. The first kappa shape index (κ1) is 27.6. The third kappa shape index (κ3) is 6.04. The van der Waals surface area contributed by atoms with Gasteiger partial charge in [0.05, 0.1) is 22.1 Å². The molecule has 2 aromatic rings. The molecule has 1 aliphatic rings. The quantitative estimate of drug-likeness (QED) is 0.546. The summed E-state index contributed by atoms with van der Waals surface area (Å²) in [4.78, 5) is 12.8. The van der Waals surface area contributed by atoms with Crippen LogP contribution in [-0.2, 0) is 24.8 Å². The Balaban J connectivity index is 1.88. The van der Waals surface area contributed by atoms with Crippen LogP contribution in [0.25, 0.3) is 0 Å². The predicted octanol–water partition coefficient (Wildman–Crippen LogP) is 3.42. The van der Waals surface area contributed by atoms with E-state index in [1.165, 1.54) is 45.0 Å². The predicted molar refractivity (Wildman–Crippen MR) is 135 cm³/mol. The van der Waals surface area contributed by atoms with E-state index >= 15 is 0 Å². The monoisotopic (exact) mass is 543 g/mol. The standard InChI is InChI=1S/C23H30ClN3O6S2/c1-5-26(6-2)34(29,30)20-9-7-8-19(13-20)25-23(28)18-10-11-21(24)22(12-18)35(31,32)27-14-16(3)33-17(4)15-27/h7-13,16-17H,5-6,14-15H2,1-4H3,(H,25,28). The SMILES string of the molecule is CCN(CC)S(=O)(=O)c1cccc(NC(=O)c2ccc(Cl)c(S(=O)(=O)N3CC(C)OC(C)C3)c2)c1. The van der Waals surface area contributed by atoms with Crippen LogP contribution in [0.4, 0.5) is 5.69 Å². The molecule has 0 aromatic heterocycles. The first-order valence-electron chi connectivity index (χ1n) is 11.3. The van der Waals surface area contributed by atoms with Gasteiger partial charge in [0.25, 0.3) is 5.91 Å². The Morgan fingerprint density at radius 1 is 1.06 bits per heavy atom. The Morgan fingerprint density at radius 2 is 1.69 bits per heavy atom. The highest BCUT2D eigenvalue weighted by atomic mass is 35.5. The Morgan fingerprint density at radius 3 is 2.29 bits per heavy atom. The number of ether oxygens (including phenoxy) is 1. The van der Waals surface area contributed by atoms with Crippen LogP contribution in [0.15, 0.2) is 52.3 Å². The number of sulfonamides is 2. The Kier molecular flexibility index (Phi) is 8.61. The number of halogens is 1. The maximum atomic E-state index is 13.3. The van der Waals surface area contributed by atoms with Gasteiger partial charge in [0.2, 0.25) is 20.0 Å². The number of hydrogen-bond acceptors (Lipinski definition) is 6. The Hall–Kier alpha value is -2.02. The summed E-state index contributed by atoms with van der Waals surface area (Å²) in [7, 11) is -7.68. The van der Waals surface area contributed by atoms with Gasteiger partial charge in [0, 0.05) is 37.4 Å². The van der Waals surface area contributed by atoms with Gasteiger partial charge >= 0.3 is 0 Å². The molecule has 35 heavy (non-hydrogen) atoms. The van der Waals surface area contributed by atoms with Crippen molar-refractivity contribution < 1.29 is 26.4 Å². The molecule has 0 saturated carbocycles. The molecule has 0 aliphatic carbocycles. The lowest BCUT2D eigenvalue weighted by atomic mass is 10.2. The van der Waals surface area contributed by atoms with Gasteiger partial charge in [0.15, 0.2) is 0 Å². The van der Waals surface area contributed by atoms with Gasteiger partial charge in [-0.25, -0.2) is 16.8 Å². The topological polar surface area (TPSA) is 113 Å². The van der Waals surface area contributed by atoms with Crippen molar-refractivity contribution in [3.05, 3.63) is 53.1 Å². The van der Waals surface area contributed by atoms with Crippen LogP contribution in [0.1, 0.15) is 38.1 Å². The minimum absolute atomic E-state index is 0.000612. The second kappa shape index (κ2) is 10.9. The Labute approximate surface area is 212 Å². The summed E-state index contributed by atoms with van der Waals surface area (Å²) in [6, 6.07) is 9.92. The van der Waals surface area contributed by atoms with Gasteiger partial charge in [-0.1, -0.05) is 31.5 Å². The maximum Gasteiger partial charge on any atom is 0.255 e. The fourth-order valence-electron chi connectivity index (χ4n) is 3.96. The number of rotatable bonds is 8. The first-order chi connectivity index (χ1) is 16.4. The van der Waals surface area contributed by atoms with Crippen LogP contribution in [0.2, 0.25) is 5.02 Å². The van der Waals surface area contributed by atoms with Crippen molar-refractivity contribution in [1.82, 2.24) is 8.61 Å². The van der Waals surface area contributed by atoms with Gasteiger partial charge in [-0.05, 0) is 50.2 Å². The van der Waals surface area contributed by atoms with Gasteiger partial charge in [0.1, 0.15) is 4.90 Å². The summed E-state index contributed by atoms with van der Waals surface area (Å²) < 4.78 is 60.4. The normalized spacial score (nSPS) is 19.6. The number of carbonyl (C=O) groups is 1. The lowest BCUT2D eigenvalue weighted by molar-refractivity contribution is -0.0440. The molecule has 192 valence electrons. The number of morpholine rings is 1. The molecule has 1 aliphatic heterocycles.